The molecule has 0 unspecified atom stereocenters. The Kier molecular flexibility index (Phi) is 3.39. The Labute approximate surface area is 152 Å². The zero-order chi connectivity index (χ0) is 17.8. The molecule has 2 bridgehead atoms. The molecule has 1 saturated carbocycles. The largest absolute Gasteiger partial charge is 0.347 e. The lowest BCUT2D eigenvalue weighted by molar-refractivity contribution is -0.140. The molecule has 5 heteroatoms. The van der Waals surface area contributed by atoms with Crippen LogP contribution in [0.2, 0.25) is 0 Å². The van der Waals surface area contributed by atoms with E-state index in [1.807, 2.05) is 24.4 Å². The highest BCUT2D eigenvalue weighted by Gasteiger charge is 2.56. The predicted octanol–water partition coefficient (Wildman–Crippen LogP) is 3.19. The highest BCUT2D eigenvalue weighted by atomic mass is 16.2. The van der Waals surface area contributed by atoms with E-state index >= 15 is 0 Å². The second-order valence-electron chi connectivity index (χ2n) is 7.46. The maximum Gasteiger partial charge on any atom is 0.254 e. The van der Waals surface area contributed by atoms with Crippen LogP contribution in [0, 0.1) is 23.7 Å². The Morgan fingerprint density at radius 1 is 1.08 bits per heavy atom. The Hall–Kier alpha value is -2.69. The van der Waals surface area contributed by atoms with Gasteiger partial charge in [-0.25, -0.2) is 0 Å². The van der Waals surface area contributed by atoms with Crippen LogP contribution in [0.5, 0.6) is 0 Å². The van der Waals surface area contributed by atoms with Crippen molar-refractivity contribution in [3.05, 3.63) is 48.2 Å². The number of allylic oxidation sites excluding steroid dienone is 2. The predicted molar refractivity (Wildman–Crippen MR) is 99.4 cm³/mol. The van der Waals surface area contributed by atoms with Gasteiger partial charge in [-0.05, 0) is 37.7 Å². The van der Waals surface area contributed by atoms with Crippen LogP contribution in [-0.4, -0.2) is 27.6 Å². The SMILES string of the molecule is CCn1cc(/C=N\N2C(=O)[C@@H]3[C@H](C2=O)[C@H]2C=C[C@H]3CC2)c2ccccc21. The van der Waals surface area contributed by atoms with Crippen LogP contribution in [0.25, 0.3) is 10.9 Å². The molecule has 2 fully saturated rings. The van der Waals surface area contributed by atoms with Gasteiger partial charge in [0.1, 0.15) is 0 Å². The van der Waals surface area contributed by atoms with E-state index in [0.29, 0.717) is 0 Å². The van der Waals surface area contributed by atoms with Gasteiger partial charge in [-0.1, -0.05) is 30.4 Å². The number of hydrazone groups is 1. The number of rotatable bonds is 3. The van der Waals surface area contributed by atoms with Crippen LogP contribution in [0.4, 0.5) is 0 Å². The number of fused-ring (bicyclic) bond motifs is 2. The first-order valence-corrected chi connectivity index (χ1v) is 9.37. The average molecular weight is 347 g/mol. The average Bonchev–Trinajstić information content (AvgIpc) is 3.18. The normalized spacial score (nSPS) is 30.1. The Balaban J connectivity index is 1.49. The summed E-state index contributed by atoms with van der Waals surface area (Å²) in [6.07, 6.45) is 9.95. The maximum atomic E-state index is 12.8. The Morgan fingerprint density at radius 3 is 2.35 bits per heavy atom. The fourth-order valence-corrected chi connectivity index (χ4v) is 4.93. The summed E-state index contributed by atoms with van der Waals surface area (Å²) in [5.74, 6) is -0.280. The molecule has 2 heterocycles. The standard InChI is InChI=1S/C21H21N3O2/c1-2-23-12-15(16-5-3-4-6-17(16)23)11-22-24-20(25)18-13-7-8-14(10-9-13)19(18)21(24)26/h3-8,11-14,18-19H,2,9-10H2,1H3/b22-11-/t13-,14-,18-,19+/m0/s1. The molecule has 1 saturated heterocycles. The van der Waals surface area contributed by atoms with Gasteiger partial charge in [0.2, 0.25) is 0 Å². The smallest absolute Gasteiger partial charge is 0.254 e. The molecular formula is C21H21N3O2. The number of aryl methyl sites for hydroxylation is 1. The summed E-state index contributed by atoms with van der Waals surface area (Å²) in [5, 5.41) is 6.55. The molecular weight excluding hydrogens is 326 g/mol. The quantitative estimate of drug-likeness (QED) is 0.486. The van der Waals surface area contributed by atoms with Crippen LogP contribution in [0.3, 0.4) is 0 Å². The molecule has 2 aromatic rings. The summed E-state index contributed by atoms with van der Waals surface area (Å²) in [5.41, 5.74) is 2.06. The van der Waals surface area contributed by atoms with E-state index in [1.165, 1.54) is 0 Å². The first kappa shape index (κ1) is 15.6. The molecule has 132 valence electrons. The first-order valence-electron chi connectivity index (χ1n) is 9.37. The second kappa shape index (κ2) is 5.66. The summed E-state index contributed by atoms with van der Waals surface area (Å²) in [6, 6.07) is 8.11. The van der Waals surface area contributed by atoms with Crippen LogP contribution in [-0.2, 0) is 16.1 Å². The van der Waals surface area contributed by atoms with Gasteiger partial charge >= 0.3 is 0 Å². The number of carbonyl (C=O) groups excluding carboxylic acids is 2. The van der Waals surface area contributed by atoms with Gasteiger partial charge in [0, 0.05) is 29.2 Å². The molecule has 0 radical (unpaired) electrons. The van der Waals surface area contributed by atoms with E-state index in [9.17, 15) is 9.59 Å². The Morgan fingerprint density at radius 2 is 1.73 bits per heavy atom. The molecule has 6 rings (SSSR count). The van der Waals surface area contributed by atoms with E-state index in [-0.39, 0.29) is 35.5 Å². The lowest BCUT2D eigenvalue weighted by Gasteiger charge is -2.37. The van der Waals surface area contributed by atoms with Crippen molar-refractivity contribution in [2.75, 3.05) is 0 Å². The van der Waals surface area contributed by atoms with Crippen LogP contribution >= 0.6 is 0 Å². The number of para-hydroxylation sites is 1. The van der Waals surface area contributed by atoms with Crippen LogP contribution in [0.15, 0.2) is 47.7 Å². The van der Waals surface area contributed by atoms with Crippen molar-refractivity contribution in [1.82, 2.24) is 9.58 Å². The Bertz CT molecular complexity index is 939. The van der Waals surface area contributed by atoms with Crippen molar-refractivity contribution in [3.8, 4) is 0 Å². The summed E-state index contributed by atoms with van der Waals surface area (Å²) in [4.78, 5) is 25.7. The van der Waals surface area contributed by atoms with Crippen molar-refractivity contribution in [1.29, 1.82) is 0 Å². The van der Waals surface area contributed by atoms with E-state index in [1.54, 1.807) is 6.21 Å². The highest BCUT2D eigenvalue weighted by molar-refractivity contribution is 6.07. The molecule has 1 aromatic heterocycles. The van der Waals surface area contributed by atoms with E-state index in [2.05, 4.69) is 34.8 Å². The summed E-state index contributed by atoms with van der Waals surface area (Å²) in [7, 11) is 0. The molecule has 0 spiro atoms. The summed E-state index contributed by atoms with van der Waals surface area (Å²) < 4.78 is 2.15. The van der Waals surface area contributed by atoms with Gasteiger partial charge < -0.3 is 4.57 Å². The molecule has 0 N–H and O–H groups in total. The number of aromatic nitrogens is 1. The molecule has 4 atom stereocenters. The summed E-state index contributed by atoms with van der Waals surface area (Å²) >= 11 is 0. The highest BCUT2D eigenvalue weighted by Crippen LogP contribution is 2.49. The van der Waals surface area contributed by atoms with Gasteiger partial charge in [0.15, 0.2) is 0 Å². The fourth-order valence-electron chi connectivity index (χ4n) is 4.93. The molecule has 3 aliphatic carbocycles. The molecule has 1 aromatic carbocycles. The van der Waals surface area contributed by atoms with Gasteiger partial charge in [-0.15, -0.1) is 0 Å². The number of imide groups is 1. The molecule has 26 heavy (non-hydrogen) atoms. The fraction of sp³-hybridized carbons (Fsp3) is 0.381. The monoisotopic (exact) mass is 347 g/mol. The van der Waals surface area contributed by atoms with Gasteiger partial charge in [-0.3, -0.25) is 9.59 Å². The molecule has 4 aliphatic rings. The van der Waals surface area contributed by atoms with E-state index < -0.39 is 0 Å². The van der Waals surface area contributed by atoms with Crippen molar-refractivity contribution in [2.24, 2.45) is 28.8 Å². The van der Waals surface area contributed by atoms with Gasteiger partial charge in [0.25, 0.3) is 11.8 Å². The second-order valence-corrected chi connectivity index (χ2v) is 7.46. The lowest BCUT2D eigenvalue weighted by Crippen LogP contribution is -2.38. The van der Waals surface area contributed by atoms with Crippen molar-refractivity contribution < 1.29 is 9.59 Å². The minimum atomic E-state index is -0.208. The van der Waals surface area contributed by atoms with Crippen molar-refractivity contribution in [3.63, 3.8) is 0 Å². The van der Waals surface area contributed by atoms with Crippen molar-refractivity contribution >= 4 is 28.9 Å². The third-order valence-electron chi connectivity index (χ3n) is 6.21. The van der Waals surface area contributed by atoms with Crippen LogP contribution < -0.4 is 0 Å². The number of hydrogen-bond donors (Lipinski definition) is 0. The third kappa shape index (κ3) is 2.06. The summed E-state index contributed by atoms with van der Waals surface area (Å²) in [6.45, 7) is 2.95. The molecule has 1 aliphatic heterocycles. The third-order valence-corrected chi connectivity index (χ3v) is 6.21. The number of hydrogen-bond acceptors (Lipinski definition) is 3. The topological polar surface area (TPSA) is 54.7 Å². The number of carbonyl (C=O) groups is 2. The molecule has 2 amide bonds. The number of amides is 2. The molecule has 5 nitrogen and oxygen atoms in total. The van der Waals surface area contributed by atoms with Crippen molar-refractivity contribution in [2.45, 2.75) is 26.3 Å². The number of nitrogens with zero attached hydrogens (tertiary/aromatic N) is 3. The van der Waals surface area contributed by atoms with E-state index in [0.717, 1.165) is 40.9 Å². The minimum Gasteiger partial charge on any atom is -0.347 e. The van der Waals surface area contributed by atoms with Crippen LogP contribution in [0.1, 0.15) is 25.3 Å². The zero-order valence-corrected chi connectivity index (χ0v) is 14.7. The lowest BCUT2D eigenvalue weighted by atomic mass is 9.63. The maximum absolute atomic E-state index is 12.8. The number of benzene rings is 1. The van der Waals surface area contributed by atoms with Gasteiger partial charge in [0.05, 0.1) is 18.1 Å². The first-order chi connectivity index (χ1) is 12.7. The van der Waals surface area contributed by atoms with E-state index in [4.69, 9.17) is 0 Å². The minimum absolute atomic E-state index is 0.130. The van der Waals surface area contributed by atoms with Gasteiger partial charge in [-0.2, -0.15) is 10.1 Å². The zero-order valence-electron chi connectivity index (χ0n) is 14.7.